The second kappa shape index (κ2) is 10.7. The van der Waals surface area contributed by atoms with Crippen molar-refractivity contribution in [2.45, 2.75) is 32.8 Å². The summed E-state index contributed by atoms with van der Waals surface area (Å²) in [6.45, 7) is 2.08. The molecule has 8 heteroatoms. The number of guanidine groups is 1. The Bertz CT molecular complexity index is 761. The van der Waals surface area contributed by atoms with Crippen molar-refractivity contribution >= 4 is 5.96 Å². The number of halogens is 4. The summed E-state index contributed by atoms with van der Waals surface area (Å²) in [5.74, 6) is 0.286. The van der Waals surface area contributed by atoms with Crippen LogP contribution in [0.2, 0.25) is 0 Å². The number of rotatable bonds is 8. The summed E-state index contributed by atoms with van der Waals surface area (Å²) in [7, 11) is 0. The van der Waals surface area contributed by atoms with Crippen molar-refractivity contribution in [1.82, 2.24) is 10.6 Å². The lowest BCUT2D eigenvalue weighted by Gasteiger charge is -2.12. The highest BCUT2D eigenvalue weighted by Crippen LogP contribution is 2.15. The number of hydrogen-bond acceptors (Lipinski definition) is 2. The van der Waals surface area contributed by atoms with Gasteiger partial charge < -0.3 is 15.4 Å². The SMILES string of the molecule is CCNC(=NCc1cccc(F)c1)NCc1ccc(COCC(F)(F)F)cc1. The van der Waals surface area contributed by atoms with E-state index in [0.717, 1.165) is 11.1 Å². The van der Waals surface area contributed by atoms with Crippen LogP contribution in [0.25, 0.3) is 0 Å². The Morgan fingerprint density at radius 1 is 1.00 bits per heavy atom. The molecule has 2 aromatic carbocycles. The minimum Gasteiger partial charge on any atom is -0.367 e. The molecule has 4 nitrogen and oxygen atoms in total. The fraction of sp³-hybridized carbons (Fsp3) is 0.350. The van der Waals surface area contributed by atoms with Gasteiger partial charge in [-0.25, -0.2) is 9.38 Å². The lowest BCUT2D eigenvalue weighted by molar-refractivity contribution is -0.176. The molecule has 0 amide bonds. The number of ether oxygens (including phenoxy) is 1. The Morgan fingerprint density at radius 2 is 1.71 bits per heavy atom. The van der Waals surface area contributed by atoms with Crippen LogP contribution in [-0.4, -0.2) is 25.3 Å². The first-order valence-electron chi connectivity index (χ1n) is 8.84. The molecule has 0 bridgehead atoms. The molecular formula is C20H23F4N3O. The monoisotopic (exact) mass is 397 g/mol. The van der Waals surface area contributed by atoms with Crippen LogP contribution < -0.4 is 10.6 Å². The second-order valence-corrected chi connectivity index (χ2v) is 6.10. The van der Waals surface area contributed by atoms with E-state index in [0.29, 0.717) is 31.2 Å². The van der Waals surface area contributed by atoms with E-state index in [1.165, 1.54) is 12.1 Å². The lowest BCUT2D eigenvalue weighted by Crippen LogP contribution is -2.36. The highest BCUT2D eigenvalue weighted by molar-refractivity contribution is 5.79. The quantitative estimate of drug-likeness (QED) is 0.400. The Morgan fingerprint density at radius 3 is 2.36 bits per heavy atom. The van der Waals surface area contributed by atoms with Crippen LogP contribution in [0.15, 0.2) is 53.5 Å². The van der Waals surface area contributed by atoms with Crippen LogP contribution in [0.1, 0.15) is 23.6 Å². The second-order valence-electron chi connectivity index (χ2n) is 6.10. The smallest absolute Gasteiger partial charge is 0.367 e. The van der Waals surface area contributed by atoms with Crippen LogP contribution in [0.3, 0.4) is 0 Å². The maximum Gasteiger partial charge on any atom is 0.411 e. The summed E-state index contributed by atoms with van der Waals surface area (Å²) < 4.78 is 54.1. The highest BCUT2D eigenvalue weighted by Gasteiger charge is 2.27. The molecule has 0 aromatic heterocycles. The van der Waals surface area contributed by atoms with E-state index in [4.69, 9.17) is 0 Å². The van der Waals surface area contributed by atoms with Gasteiger partial charge >= 0.3 is 6.18 Å². The van der Waals surface area contributed by atoms with Crippen molar-refractivity contribution in [3.8, 4) is 0 Å². The van der Waals surface area contributed by atoms with Gasteiger partial charge in [-0.1, -0.05) is 36.4 Å². The van der Waals surface area contributed by atoms with Gasteiger partial charge in [0, 0.05) is 13.1 Å². The van der Waals surface area contributed by atoms with Crippen molar-refractivity contribution < 1.29 is 22.3 Å². The van der Waals surface area contributed by atoms with Crippen LogP contribution in [0.5, 0.6) is 0 Å². The van der Waals surface area contributed by atoms with E-state index in [1.54, 1.807) is 24.3 Å². The number of hydrogen-bond donors (Lipinski definition) is 2. The van der Waals surface area contributed by atoms with Gasteiger partial charge in [-0.05, 0) is 35.7 Å². The predicted octanol–water partition coefficient (Wildman–Crippen LogP) is 4.16. The predicted molar refractivity (Wildman–Crippen MR) is 100 cm³/mol. The molecule has 0 saturated heterocycles. The number of nitrogens with one attached hydrogen (secondary N) is 2. The Hall–Kier alpha value is -2.61. The summed E-state index contributed by atoms with van der Waals surface area (Å²) in [5.41, 5.74) is 2.37. The van der Waals surface area contributed by atoms with Crippen molar-refractivity contribution in [3.63, 3.8) is 0 Å². The van der Waals surface area contributed by atoms with Crippen LogP contribution in [0.4, 0.5) is 17.6 Å². The minimum absolute atomic E-state index is 0.0923. The molecule has 0 unspecified atom stereocenters. The molecule has 2 rings (SSSR count). The topological polar surface area (TPSA) is 45.7 Å². The average molecular weight is 397 g/mol. The van der Waals surface area contributed by atoms with Gasteiger partial charge in [-0.15, -0.1) is 0 Å². The third-order valence-corrected chi connectivity index (χ3v) is 3.67. The van der Waals surface area contributed by atoms with Gasteiger partial charge in [0.25, 0.3) is 0 Å². The zero-order chi connectivity index (χ0) is 20.4. The molecule has 0 spiro atoms. The number of alkyl halides is 3. The summed E-state index contributed by atoms with van der Waals surface area (Å²) in [4.78, 5) is 4.42. The summed E-state index contributed by atoms with van der Waals surface area (Å²) in [6.07, 6.45) is -4.32. The third kappa shape index (κ3) is 8.39. The van der Waals surface area contributed by atoms with Gasteiger partial charge in [0.15, 0.2) is 5.96 Å². The highest BCUT2D eigenvalue weighted by atomic mass is 19.4. The molecule has 0 aliphatic heterocycles. The summed E-state index contributed by atoms with van der Waals surface area (Å²) >= 11 is 0. The molecule has 0 saturated carbocycles. The van der Waals surface area contributed by atoms with Crippen LogP contribution in [-0.2, 0) is 24.4 Å². The van der Waals surface area contributed by atoms with E-state index in [-0.39, 0.29) is 12.4 Å². The fourth-order valence-corrected chi connectivity index (χ4v) is 2.37. The molecule has 0 fully saturated rings. The van der Waals surface area contributed by atoms with E-state index in [9.17, 15) is 17.6 Å². The zero-order valence-electron chi connectivity index (χ0n) is 15.5. The maximum atomic E-state index is 13.2. The molecule has 2 aromatic rings. The Labute approximate surface area is 161 Å². The van der Waals surface area contributed by atoms with E-state index >= 15 is 0 Å². The van der Waals surface area contributed by atoms with Crippen LogP contribution in [0, 0.1) is 5.82 Å². The average Bonchev–Trinajstić information content (AvgIpc) is 2.64. The van der Waals surface area contributed by atoms with Crippen LogP contribution >= 0.6 is 0 Å². The maximum absolute atomic E-state index is 13.2. The summed E-state index contributed by atoms with van der Waals surface area (Å²) in [5, 5.41) is 6.28. The van der Waals surface area contributed by atoms with Gasteiger partial charge in [-0.3, -0.25) is 0 Å². The normalized spacial score (nSPS) is 12.1. The van der Waals surface area contributed by atoms with Crippen molar-refractivity contribution in [2.24, 2.45) is 4.99 Å². The molecule has 2 N–H and O–H groups in total. The van der Waals surface area contributed by atoms with E-state index in [2.05, 4.69) is 20.4 Å². The molecule has 0 aliphatic carbocycles. The Kier molecular flexibility index (Phi) is 8.25. The zero-order valence-corrected chi connectivity index (χ0v) is 15.5. The lowest BCUT2D eigenvalue weighted by atomic mass is 10.1. The largest absolute Gasteiger partial charge is 0.411 e. The van der Waals surface area contributed by atoms with Crippen molar-refractivity contribution in [3.05, 3.63) is 71.0 Å². The van der Waals surface area contributed by atoms with Crippen molar-refractivity contribution in [2.75, 3.05) is 13.2 Å². The number of aliphatic imine (C=N–C) groups is 1. The number of benzene rings is 2. The third-order valence-electron chi connectivity index (χ3n) is 3.67. The van der Waals surface area contributed by atoms with Gasteiger partial charge in [0.05, 0.1) is 13.2 Å². The first kappa shape index (κ1) is 21.7. The standard InChI is InChI=1S/C20H23F4N3O/c1-2-25-19(27-12-17-4-3-5-18(21)10-17)26-11-15-6-8-16(9-7-15)13-28-14-20(22,23)24/h3-10H,2,11-14H2,1H3,(H2,25,26,27). The molecule has 28 heavy (non-hydrogen) atoms. The Balaban J connectivity index is 1.86. The molecule has 0 radical (unpaired) electrons. The summed E-state index contributed by atoms with van der Waals surface area (Å²) in [6, 6.07) is 13.3. The first-order valence-corrected chi connectivity index (χ1v) is 8.84. The van der Waals surface area contributed by atoms with Gasteiger partial charge in [0.1, 0.15) is 12.4 Å². The molecule has 0 heterocycles. The van der Waals surface area contributed by atoms with Gasteiger partial charge in [0.2, 0.25) is 0 Å². The van der Waals surface area contributed by atoms with E-state index < -0.39 is 12.8 Å². The fourth-order valence-electron chi connectivity index (χ4n) is 2.37. The minimum atomic E-state index is -4.32. The van der Waals surface area contributed by atoms with Crippen molar-refractivity contribution in [1.29, 1.82) is 0 Å². The molecule has 0 aliphatic rings. The number of nitrogens with zero attached hydrogens (tertiary/aromatic N) is 1. The van der Waals surface area contributed by atoms with Gasteiger partial charge in [-0.2, -0.15) is 13.2 Å². The molecule has 0 atom stereocenters. The van der Waals surface area contributed by atoms with E-state index in [1.807, 2.05) is 19.1 Å². The molecular weight excluding hydrogens is 374 g/mol. The molecule has 152 valence electrons. The first-order chi connectivity index (χ1) is 13.4.